The minimum Gasteiger partial charge on any atom is -0.357 e. The minimum absolute atomic E-state index is 0.627. The van der Waals surface area contributed by atoms with Gasteiger partial charge >= 0.3 is 0 Å². The molecule has 0 saturated carbocycles. The summed E-state index contributed by atoms with van der Waals surface area (Å²) in [7, 11) is 2.21. The Bertz CT molecular complexity index is 312. The molecule has 2 aliphatic rings. The van der Waals surface area contributed by atoms with Crippen LogP contribution < -0.4 is 10.6 Å². The fourth-order valence-corrected chi connectivity index (χ4v) is 3.26. The van der Waals surface area contributed by atoms with Gasteiger partial charge in [0.2, 0.25) is 0 Å². The third kappa shape index (κ3) is 5.83. The van der Waals surface area contributed by atoms with Gasteiger partial charge in [0.05, 0.1) is 6.54 Å². The molecule has 2 N–H and O–H groups in total. The predicted octanol–water partition coefficient (Wildman–Crippen LogP) is 1.12. The zero-order valence-electron chi connectivity index (χ0n) is 13.9. The molecule has 0 aromatic carbocycles. The molecule has 0 amide bonds. The molecule has 0 aromatic heterocycles. The van der Waals surface area contributed by atoms with E-state index in [0.717, 1.165) is 32.1 Å². The van der Waals surface area contributed by atoms with Gasteiger partial charge in [0.25, 0.3) is 0 Å². The molecule has 0 bridgehead atoms. The molecule has 2 saturated heterocycles. The van der Waals surface area contributed by atoms with Crippen LogP contribution in [0.4, 0.5) is 0 Å². The standard InChI is InChI=1S/C16H33N5/c1-3-17-16(19-14-15-8-7-10-20(15)2)18-9-13-21-11-5-4-6-12-21/h15H,3-14H2,1-2H3,(H2,17,18,19). The van der Waals surface area contributed by atoms with E-state index in [2.05, 4.69) is 34.4 Å². The number of guanidine groups is 1. The summed E-state index contributed by atoms with van der Waals surface area (Å²) in [5.74, 6) is 0.981. The topological polar surface area (TPSA) is 42.9 Å². The number of piperidine rings is 1. The predicted molar refractivity (Wildman–Crippen MR) is 89.9 cm³/mol. The second-order valence-electron chi connectivity index (χ2n) is 6.33. The number of nitrogens with one attached hydrogen (secondary N) is 2. The fraction of sp³-hybridized carbons (Fsp3) is 0.938. The van der Waals surface area contributed by atoms with Crippen molar-refractivity contribution < 1.29 is 0 Å². The lowest BCUT2D eigenvalue weighted by Gasteiger charge is -2.26. The number of aliphatic imine (C=N–C) groups is 1. The van der Waals surface area contributed by atoms with E-state index < -0.39 is 0 Å². The van der Waals surface area contributed by atoms with E-state index >= 15 is 0 Å². The maximum atomic E-state index is 4.76. The Morgan fingerprint density at radius 3 is 2.57 bits per heavy atom. The summed E-state index contributed by atoms with van der Waals surface area (Å²) in [5, 5.41) is 6.85. The molecule has 0 spiro atoms. The summed E-state index contributed by atoms with van der Waals surface area (Å²) in [6.45, 7) is 9.85. The van der Waals surface area contributed by atoms with Gasteiger partial charge in [0.1, 0.15) is 0 Å². The van der Waals surface area contributed by atoms with Gasteiger partial charge in [-0.2, -0.15) is 0 Å². The summed E-state index contributed by atoms with van der Waals surface area (Å²) in [6.07, 6.45) is 6.73. The van der Waals surface area contributed by atoms with Crippen LogP contribution in [0.25, 0.3) is 0 Å². The molecule has 21 heavy (non-hydrogen) atoms. The molecule has 0 aliphatic carbocycles. The Labute approximate surface area is 130 Å². The number of likely N-dealkylation sites (N-methyl/N-ethyl adjacent to an activating group) is 1. The zero-order valence-corrected chi connectivity index (χ0v) is 13.9. The van der Waals surface area contributed by atoms with Gasteiger partial charge in [0.15, 0.2) is 5.96 Å². The lowest BCUT2D eigenvalue weighted by atomic mass is 10.1. The highest BCUT2D eigenvalue weighted by molar-refractivity contribution is 5.79. The highest BCUT2D eigenvalue weighted by Crippen LogP contribution is 2.14. The van der Waals surface area contributed by atoms with E-state index in [1.54, 1.807) is 0 Å². The highest BCUT2D eigenvalue weighted by atomic mass is 15.2. The smallest absolute Gasteiger partial charge is 0.191 e. The molecule has 5 nitrogen and oxygen atoms in total. The van der Waals surface area contributed by atoms with Gasteiger partial charge in [0, 0.05) is 25.7 Å². The van der Waals surface area contributed by atoms with Crippen LogP contribution in [0.1, 0.15) is 39.0 Å². The fourth-order valence-electron chi connectivity index (χ4n) is 3.26. The first kappa shape index (κ1) is 16.6. The lowest BCUT2D eigenvalue weighted by Crippen LogP contribution is -2.43. The molecule has 2 rings (SSSR count). The van der Waals surface area contributed by atoms with E-state index in [1.807, 2.05) is 0 Å². The molecule has 0 aromatic rings. The van der Waals surface area contributed by atoms with Gasteiger partial charge < -0.3 is 20.4 Å². The van der Waals surface area contributed by atoms with Crippen LogP contribution in [0.5, 0.6) is 0 Å². The summed E-state index contributed by atoms with van der Waals surface area (Å²) >= 11 is 0. The van der Waals surface area contributed by atoms with Crippen molar-refractivity contribution in [3.05, 3.63) is 0 Å². The molecule has 5 heteroatoms. The number of nitrogens with zero attached hydrogens (tertiary/aromatic N) is 3. The Morgan fingerprint density at radius 2 is 1.90 bits per heavy atom. The molecule has 122 valence electrons. The minimum atomic E-state index is 0.627. The van der Waals surface area contributed by atoms with Crippen LogP contribution >= 0.6 is 0 Å². The monoisotopic (exact) mass is 295 g/mol. The van der Waals surface area contributed by atoms with Crippen molar-refractivity contribution in [3.63, 3.8) is 0 Å². The van der Waals surface area contributed by atoms with Gasteiger partial charge in [-0.1, -0.05) is 6.42 Å². The van der Waals surface area contributed by atoms with Crippen molar-refractivity contribution in [3.8, 4) is 0 Å². The van der Waals surface area contributed by atoms with Crippen molar-refractivity contribution in [1.29, 1.82) is 0 Å². The van der Waals surface area contributed by atoms with Crippen molar-refractivity contribution in [2.75, 3.05) is 52.9 Å². The summed E-state index contributed by atoms with van der Waals surface area (Å²) in [6, 6.07) is 0.627. The van der Waals surface area contributed by atoms with E-state index in [1.165, 1.54) is 51.7 Å². The van der Waals surface area contributed by atoms with Crippen LogP contribution in [0.2, 0.25) is 0 Å². The molecular formula is C16H33N5. The van der Waals surface area contributed by atoms with Crippen LogP contribution in [0.3, 0.4) is 0 Å². The van der Waals surface area contributed by atoms with E-state index in [4.69, 9.17) is 4.99 Å². The third-order valence-corrected chi connectivity index (χ3v) is 4.65. The van der Waals surface area contributed by atoms with Crippen LogP contribution in [-0.4, -0.2) is 74.7 Å². The largest absolute Gasteiger partial charge is 0.357 e. The second kappa shape index (κ2) is 9.26. The van der Waals surface area contributed by atoms with Gasteiger partial charge in [-0.05, 0) is 59.3 Å². The molecule has 2 aliphatic heterocycles. The van der Waals surface area contributed by atoms with Crippen molar-refractivity contribution >= 4 is 5.96 Å². The number of rotatable bonds is 6. The second-order valence-corrected chi connectivity index (χ2v) is 6.33. The van der Waals surface area contributed by atoms with Gasteiger partial charge in [-0.25, -0.2) is 0 Å². The van der Waals surface area contributed by atoms with Gasteiger partial charge in [-0.15, -0.1) is 0 Å². The van der Waals surface area contributed by atoms with Crippen LogP contribution in [-0.2, 0) is 0 Å². The van der Waals surface area contributed by atoms with Crippen molar-refractivity contribution in [2.24, 2.45) is 4.99 Å². The maximum Gasteiger partial charge on any atom is 0.191 e. The van der Waals surface area contributed by atoms with E-state index in [0.29, 0.717) is 6.04 Å². The highest BCUT2D eigenvalue weighted by Gasteiger charge is 2.20. The number of likely N-dealkylation sites (tertiary alicyclic amines) is 2. The van der Waals surface area contributed by atoms with Crippen LogP contribution in [0, 0.1) is 0 Å². The molecule has 1 unspecified atom stereocenters. The molecular weight excluding hydrogens is 262 g/mol. The van der Waals surface area contributed by atoms with Crippen molar-refractivity contribution in [2.45, 2.75) is 45.1 Å². The number of hydrogen-bond donors (Lipinski definition) is 2. The summed E-state index contributed by atoms with van der Waals surface area (Å²) in [4.78, 5) is 9.75. The first-order chi connectivity index (χ1) is 10.3. The SMILES string of the molecule is CCNC(=NCC1CCCN1C)NCCN1CCCCC1. The van der Waals surface area contributed by atoms with Gasteiger partial charge in [-0.3, -0.25) is 4.99 Å². The maximum absolute atomic E-state index is 4.76. The van der Waals surface area contributed by atoms with E-state index in [-0.39, 0.29) is 0 Å². The Balaban J connectivity index is 1.69. The molecule has 0 radical (unpaired) electrons. The van der Waals surface area contributed by atoms with E-state index in [9.17, 15) is 0 Å². The van der Waals surface area contributed by atoms with Crippen molar-refractivity contribution in [1.82, 2.24) is 20.4 Å². The summed E-state index contributed by atoms with van der Waals surface area (Å²) < 4.78 is 0. The Kier molecular flexibility index (Phi) is 7.30. The average molecular weight is 295 g/mol. The molecule has 1 atom stereocenters. The number of hydrogen-bond acceptors (Lipinski definition) is 3. The lowest BCUT2D eigenvalue weighted by molar-refractivity contribution is 0.232. The first-order valence-corrected chi connectivity index (χ1v) is 8.74. The summed E-state index contributed by atoms with van der Waals surface area (Å²) in [5.41, 5.74) is 0. The Morgan fingerprint density at radius 1 is 1.10 bits per heavy atom. The average Bonchev–Trinajstić information content (AvgIpc) is 2.91. The van der Waals surface area contributed by atoms with Crippen LogP contribution in [0.15, 0.2) is 4.99 Å². The molecule has 2 fully saturated rings. The normalized spacial score (nSPS) is 25.2. The third-order valence-electron chi connectivity index (χ3n) is 4.65. The molecule has 2 heterocycles. The Hall–Kier alpha value is -0.810. The first-order valence-electron chi connectivity index (χ1n) is 8.74. The quantitative estimate of drug-likeness (QED) is 0.569. The zero-order chi connectivity index (χ0) is 14.9.